The fraction of sp³-hybridized carbons (Fsp3) is 0.588. The largest absolute Gasteiger partial charge is 0.326 e. The van der Waals surface area contributed by atoms with Crippen LogP contribution in [0, 0.1) is 12.8 Å². The normalized spacial score (nSPS) is 13.1. The van der Waals surface area contributed by atoms with Crippen LogP contribution in [0.1, 0.15) is 46.1 Å². The van der Waals surface area contributed by atoms with Crippen molar-refractivity contribution in [1.82, 2.24) is 4.31 Å². The maximum Gasteiger partial charge on any atom is 0.243 e. The summed E-state index contributed by atoms with van der Waals surface area (Å²) in [7, 11) is -3.54. The molecule has 0 heterocycles. The molecule has 23 heavy (non-hydrogen) atoms. The second kappa shape index (κ2) is 8.45. The number of nitrogens with zero attached hydrogens (tertiary/aromatic N) is 1. The number of benzene rings is 1. The van der Waals surface area contributed by atoms with Crippen molar-refractivity contribution in [1.29, 1.82) is 0 Å². The van der Waals surface area contributed by atoms with Gasteiger partial charge in [0.05, 0.1) is 4.90 Å². The SMILES string of the molecule is CCC[C@@H](C)C(=O)Nc1ccc(C)c(S(=O)(=O)N(CC)CC)c1. The van der Waals surface area contributed by atoms with E-state index < -0.39 is 10.0 Å². The summed E-state index contributed by atoms with van der Waals surface area (Å²) in [5.41, 5.74) is 1.20. The lowest BCUT2D eigenvalue weighted by molar-refractivity contribution is -0.119. The van der Waals surface area contributed by atoms with E-state index in [9.17, 15) is 13.2 Å². The molecule has 0 saturated carbocycles. The monoisotopic (exact) mass is 340 g/mol. The van der Waals surface area contributed by atoms with Crippen LogP contribution in [0.15, 0.2) is 23.1 Å². The van der Waals surface area contributed by atoms with Crippen molar-refractivity contribution in [3.63, 3.8) is 0 Å². The Balaban J connectivity index is 3.11. The van der Waals surface area contributed by atoms with Gasteiger partial charge in [0.1, 0.15) is 0 Å². The van der Waals surface area contributed by atoms with Crippen molar-refractivity contribution in [3.8, 4) is 0 Å². The molecule has 0 fully saturated rings. The fourth-order valence-electron chi connectivity index (χ4n) is 2.49. The Labute approximate surface area is 140 Å². The Morgan fingerprint density at radius 1 is 1.22 bits per heavy atom. The van der Waals surface area contributed by atoms with E-state index in [-0.39, 0.29) is 16.7 Å². The van der Waals surface area contributed by atoms with E-state index >= 15 is 0 Å². The predicted octanol–water partition coefficient (Wildman–Crippen LogP) is 3.40. The number of anilines is 1. The third kappa shape index (κ3) is 4.78. The van der Waals surface area contributed by atoms with Crippen molar-refractivity contribution >= 4 is 21.6 Å². The Hall–Kier alpha value is -1.40. The zero-order valence-corrected chi connectivity index (χ0v) is 15.5. The van der Waals surface area contributed by atoms with E-state index in [1.54, 1.807) is 25.1 Å². The highest BCUT2D eigenvalue weighted by molar-refractivity contribution is 7.89. The number of aryl methyl sites for hydroxylation is 1. The van der Waals surface area contributed by atoms with Crippen molar-refractivity contribution in [3.05, 3.63) is 23.8 Å². The van der Waals surface area contributed by atoms with Gasteiger partial charge in [-0.25, -0.2) is 8.42 Å². The first kappa shape index (κ1) is 19.6. The predicted molar refractivity (Wildman–Crippen MR) is 94.0 cm³/mol. The van der Waals surface area contributed by atoms with Gasteiger partial charge in [0.2, 0.25) is 15.9 Å². The van der Waals surface area contributed by atoms with E-state index in [1.165, 1.54) is 4.31 Å². The molecule has 0 saturated heterocycles. The highest BCUT2D eigenvalue weighted by Gasteiger charge is 2.24. The minimum Gasteiger partial charge on any atom is -0.326 e. The fourth-order valence-corrected chi connectivity index (χ4v) is 4.20. The van der Waals surface area contributed by atoms with Crippen LogP contribution in [-0.4, -0.2) is 31.7 Å². The number of hydrogen-bond acceptors (Lipinski definition) is 3. The molecule has 0 aliphatic heterocycles. The summed E-state index contributed by atoms with van der Waals surface area (Å²) in [4.78, 5) is 12.4. The Morgan fingerprint density at radius 2 is 1.83 bits per heavy atom. The van der Waals surface area contributed by atoms with Gasteiger partial charge in [-0.15, -0.1) is 0 Å². The highest BCUT2D eigenvalue weighted by atomic mass is 32.2. The standard InChI is InChI=1S/C17H28N2O3S/c1-6-9-14(5)17(20)18-15-11-10-13(4)16(12-15)23(21,22)19(7-2)8-3/h10-12,14H,6-9H2,1-5H3,(H,18,20)/t14-/m1/s1. The van der Waals surface area contributed by atoms with Crippen molar-refractivity contribution in [2.75, 3.05) is 18.4 Å². The number of nitrogens with one attached hydrogen (secondary N) is 1. The van der Waals surface area contributed by atoms with E-state index in [1.807, 2.05) is 27.7 Å². The topological polar surface area (TPSA) is 66.5 Å². The summed E-state index contributed by atoms with van der Waals surface area (Å²) in [6, 6.07) is 5.03. The minimum absolute atomic E-state index is 0.0816. The molecule has 0 bridgehead atoms. The van der Waals surface area contributed by atoms with Gasteiger partial charge in [0.25, 0.3) is 0 Å². The number of rotatable bonds is 8. The number of carbonyl (C=O) groups is 1. The van der Waals surface area contributed by atoms with Gasteiger partial charge in [-0.3, -0.25) is 4.79 Å². The van der Waals surface area contributed by atoms with E-state index in [0.717, 1.165) is 12.8 Å². The lowest BCUT2D eigenvalue weighted by Crippen LogP contribution is -2.31. The third-order valence-electron chi connectivity index (χ3n) is 3.95. The van der Waals surface area contributed by atoms with Crippen LogP contribution < -0.4 is 5.32 Å². The first-order valence-electron chi connectivity index (χ1n) is 8.19. The lowest BCUT2D eigenvalue weighted by atomic mass is 10.1. The second-order valence-electron chi connectivity index (χ2n) is 5.75. The molecule has 0 aromatic heterocycles. The number of hydrogen-bond donors (Lipinski definition) is 1. The van der Waals surface area contributed by atoms with Crippen LogP contribution in [0.3, 0.4) is 0 Å². The Morgan fingerprint density at radius 3 is 2.35 bits per heavy atom. The molecule has 0 spiro atoms. The summed E-state index contributed by atoms with van der Waals surface area (Å²) < 4.78 is 26.8. The molecule has 0 radical (unpaired) electrons. The van der Waals surface area contributed by atoms with Gasteiger partial charge in [0.15, 0.2) is 0 Å². The van der Waals surface area contributed by atoms with E-state index in [4.69, 9.17) is 0 Å². The van der Waals surface area contributed by atoms with Crippen molar-refractivity contribution in [2.24, 2.45) is 5.92 Å². The molecule has 5 nitrogen and oxygen atoms in total. The maximum atomic E-state index is 12.7. The summed E-state index contributed by atoms with van der Waals surface area (Å²) in [6.07, 6.45) is 1.74. The summed E-state index contributed by atoms with van der Waals surface area (Å²) >= 11 is 0. The van der Waals surface area contributed by atoms with E-state index in [2.05, 4.69) is 5.32 Å². The van der Waals surface area contributed by atoms with Crippen LogP contribution in [0.25, 0.3) is 0 Å². The molecule has 0 aliphatic rings. The molecule has 1 aromatic carbocycles. The second-order valence-corrected chi connectivity index (χ2v) is 7.65. The molecule has 1 N–H and O–H groups in total. The smallest absolute Gasteiger partial charge is 0.243 e. The Kier molecular flexibility index (Phi) is 7.22. The molecule has 1 atom stereocenters. The van der Waals surface area contributed by atoms with Crippen molar-refractivity contribution in [2.45, 2.75) is 52.4 Å². The third-order valence-corrected chi connectivity index (χ3v) is 6.14. The molecule has 6 heteroatoms. The summed E-state index contributed by atoms with van der Waals surface area (Å²) in [5.74, 6) is -0.175. The van der Waals surface area contributed by atoms with Crippen LogP contribution in [-0.2, 0) is 14.8 Å². The number of sulfonamides is 1. The molecule has 1 rings (SSSR count). The highest BCUT2D eigenvalue weighted by Crippen LogP contribution is 2.24. The van der Waals surface area contributed by atoms with Crippen LogP contribution in [0.2, 0.25) is 0 Å². The number of amides is 1. The lowest BCUT2D eigenvalue weighted by Gasteiger charge is -2.20. The average Bonchev–Trinajstić information content (AvgIpc) is 2.50. The van der Waals surface area contributed by atoms with Gasteiger partial charge in [-0.2, -0.15) is 4.31 Å². The molecular weight excluding hydrogens is 312 g/mol. The molecule has 1 aromatic rings. The summed E-state index contributed by atoms with van der Waals surface area (Å²) in [6.45, 7) is 10.1. The minimum atomic E-state index is -3.54. The van der Waals surface area contributed by atoms with Crippen LogP contribution in [0.5, 0.6) is 0 Å². The quantitative estimate of drug-likeness (QED) is 0.789. The molecule has 0 aliphatic carbocycles. The summed E-state index contributed by atoms with van der Waals surface area (Å²) in [5, 5.41) is 2.82. The van der Waals surface area contributed by atoms with Gasteiger partial charge < -0.3 is 5.32 Å². The maximum absolute atomic E-state index is 12.7. The van der Waals surface area contributed by atoms with Gasteiger partial charge in [-0.1, -0.05) is 40.2 Å². The first-order chi connectivity index (χ1) is 10.8. The molecule has 0 unspecified atom stereocenters. The van der Waals surface area contributed by atoms with Gasteiger partial charge in [0, 0.05) is 24.7 Å². The molecule has 130 valence electrons. The van der Waals surface area contributed by atoms with Gasteiger partial charge >= 0.3 is 0 Å². The van der Waals surface area contributed by atoms with Crippen molar-refractivity contribution < 1.29 is 13.2 Å². The number of carbonyl (C=O) groups excluding carboxylic acids is 1. The van der Waals surface area contributed by atoms with Crippen LogP contribution >= 0.6 is 0 Å². The van der Waals surface area contributed by atoms with Crippen LogP contribution in [0.4, 0.5) is 5.69 Å². The average molecular weight is 340 g/mol. The molecular formula is C17H28N2O3S. The zero-order valence-electron chi connectivity index (χ0n) is 14.7. The van der Waals surface area contributed by atoms with Gasteiger partial charge in [-0.05, 0) is 31.0 Å². The molecule has 1 amide bonds. The Bertz CT molecular complexity index is 637. The first-order valence-corrected chi connectivity index (χ1v) is 9.63. The zero-order chi connectivity index (χ0) is 17.6. The van der Waals surface area contributed by atoms with E-state index in [0.29, 0.717) is 24.3 Å².